The Hall–Kier alpha value is -5.16. The minimum atomic E-state index is 1.06. The third-order valence-electron chi connectivity index (χ3n) is 8.84. The zero-order valence-electron chi connectivity index (χ0n) is 25.1. The molecule has 1 aliphatic carbocycles. The molecule has 0 saturated carbocycles. The largest absolute Gasteiger partial charge is 0.311 e. The van der Waals surface area contributed by atoms with Crippen LogP contribution in [0.5, 0.6) is 0 Å². The normalized spacial score (nSPS) is 13.1. The molecule has 0 amide bonds. The van der Waals surface area contributed by atoms with Crippen molar-refractivity contribution in [1.29, 1.82) is 0 Å². The van der Waals surface area contributed by atoms with Gasteiger partial charge >= 0.3 is 0 Å². The predicted molar refractivity (Wildman–Crippen MR) is 202 cm³/mol. The van der Waals surface area contributed by atoms with Crippen LogP contribution in [-0.4, -0.2) is 0 Å². The zero-order valence-corrected chi connectivity index (χ0v) is 26.8. The van der Waals surface area contributed by atoms with E-state index in [4.69, 9.17) is 0 Å². The Kier molecular flexibility index (Phi) is 6.69. The van der Waals surface area contributed by atoms with Crippen molar-refractivity contribution < 1.29 is 0 Å². The number of rotatable bonds is 6. The lowest BCUT2D eigenvalue weighted by atomic mass is 10.1. The van der Waals surface area contributed by atoms with Crippen molar-refractivity contribution in [3.63, 3.8) is 0 Å². The van der Waals surface area contributed by atoms with Crippen molar-refractivity contribution in [3.05, 3.63) is 163 Å². The van der Waals surface area contributed by atoms with E-state index in [0.717, 1.165) is 29.9 Å². The molecule has 9 rings (SSSR count). The molecule has 0 N–H and O–H groups in total. The molecule has 0 aliphatic heterocycles. The van der Waals surface area contributed by atoms with Gasteiger partial charge in [-0.15, -0.1) is 22.7 Å². The maximum atomic E-state index is 2.39. The fourth-order valence-electron chi connectivity index (χ4n) is 6.70. The van der Waals surface area contributed by atoms with E-state index in [1.807, 2.05) is 22.7 Å². The average molecular weight is 627 g/mol. The highest BCUT2D eigenvalue weighted by Crippen LogP contribution is 2.44. The van der Waals surface area contributed by atoms with Gasteiger partial charge in [-0.3, -0.25) is 0 Å². The van der Waals surface area contributed by atoms with Gasteiger partial charge in [-0.1, -0.05) is 72.8 Å². The summed E-state index contributed by atoms with van der Waals surface area (Å²) < 4.78 is 5.23. The van der Waals surface area contributed by atoms with Crippen molar-refractivity contribution in [3.8, 4) is 0 Å². The molecule has 0 fully saturated rings. The van der Waals surface area contributed by atoms with E-state index in [9.17, 15) is 0 Å². The fourth-order valence-corrected chi connectivity index (χ4v) is 8.91. The van der Waals surface area contributed by atoms with Crippen LogP contribution < -0.4 is 9.80 Å². The smallest absolute Gasteiger partial charge is 0.0476 e. The summed E-state index contributed by atoms with van der Waals surface area (Å²) in [4.78, 5) is 4.77. The molecule has 0 radical (unpaired) electrons. The molecular weight excluding hydrogens is 597 g/mol. The first kappa shape index (κ1) is 27.2. The molecule has 6 aromatic carbocycles. The Labute approximate surface area is 276 Å². The van der Waals surface area contributed by atoms with Gasteiger partial charge in [0, 0.05) is 74.5 Å². The molecule has 8 aromatic rings. The molecule has 220 valence electrons. The predicted octanol–water partition coefficient (Wildman–Crippen LogP) is 13.3. The zero-order chi connectivity index (χ0) is 30.5. The van der Waals surface area contributed by atoms with Crippen LogP contribution in [-0.2, 0) is 0 Å². The second-order valence-electron chi connectivity index (χ2n) is 11.7. The van der Waals surface area contributed by atoms with Crippen LogP contribution in [0.1, 0.15) is 12.8 Å². The van der Waals surface area contributed by atoms with E-state index < -0.39 is 0 Å². The van der Waals surface area contributed by atoms with Gasteiger partial charge in [-0.05, 0) is 97.8 Å². The number of para-hydroxylation sites is 2. The summed E-state index contributed by atoms with van der Waals surface area (Å²) in [5, 5.41) is 5.21. The first-order valence-electron chi connectivity index (χ1n) is 15.7. The first-order chi connectivity index (χ1) is 22.8. The van der Waals surface area contributed by atoms with Gasteiger partial charge < -0.3 is 9.80 Å². The summed E-state index contributed by atoms with van der Waals surface area (Å²) in [6.07, 6.45) is 9.05. The molecule has 2 nitrogen and oxygen atoms in total. The molecule has 0 bridgehead atoms. The minimum absolute atomic E-state index is 1.06. The third-order valence-corrected chi connectivity index (χ3v) is 11.1. The number of anilines is 5. The lowest BCUT2D eigenvalue weighted by molar-refractivity contribution is 0.997. The monoisotopic (exact) mass is 626 g/mol. The van der Waals surface area contributed by atoms with E-state index in [1.54, 1.807) is 0 Å². The van der Waals surface area contributed by atoms with Crippen LogP contribution in [0.15, 0.2) is 163 Å². The summed E-state index contributed by atoms with van der Waals surface area (Å²) >= 11 is 3.73. The molecular formula is C42H30N2S2. The molecule has 1 aliphatic rings. The lowest BCUT2D eigenvalue weighted by Gasteiger charge is -2.27. The number of allylic oxidation sites excluding steroid dienone is 3. The van der Waals surface area contributed by atoms with E-state index in [0.29, 0.717) is 0 Å². The summed E-state index contributed by atoms with van der Waals surface area (Å²) in [5.41, 5.74) is 7.06. The lowest BCUT2D eigenvalue weighted by Crippen LogP contribution is -2.15. The molecule has 0 spiro atoms. The van der Waals surface area contributed by atoms with Crippen molar-refractivity contribution in [1.82, 2.24) is 0 Å². The average Bonchev–Trinajstić information content (AvgIpc) is 3.67. The van der Waals surface area contributed by atoms with Gasteiger partial charge in [-0.25, -0.2) is 0 Å². The van der Waals surface area contributed by atoms with E-state index >= 15 is 0 Å². The van der Waals surface area contributed by atoms with E-state index in [1.165, 1.54) is 57.4 Å². The van der Waals surface area contributed by atoms with Crippen LogP contribution in [0, 0.1) is 0 Å². The van der Waals surface area contributed by atoms with Crippen molar-refractivity contribution in [2.45, 2.75) is 12.8 Å². The Morgan fingerprint density at radius 2 is 0.935 bits per heavy atom. The Bertz CT molecular complexity index is 2430. The minimum Gasteiger partial charge on any atom is -0.311 e. The third kappa shape index (κ3) is 4.69. The molecule has 0 atom stereocenters. The van der Waals surface area contributed by atoms with Gasteiger partial charge in [0.2, 0.25) is 0 Å². The van der Waals surface area contributed by atoms with Gasteiger partial charge in [0.25, 0.3) is 0 Å². The van der Waals surface area contributed by atoms with Gasteiger partial charge in [0.1, 0.15) is 0 Å². The number of fused-ring (bicyclic) bond motifs is 6. The fraction of sp³-hybridized carbons (Fsp3) is 0.0476. The first-order valence-corrected chi connectivity index (χ1v) is 17.4. The molecule has 0 unspecified atom stereocenters. The van der Waals surface area contributed by atoms with Crippen LogP contribution in [0.2, 0.25) is 0 Å². The van der Waals surface area contributed by atoms with Gasteiger partial charge in [0.05, 0.1) is 0 Å². The number of nitrogens with zero attached hydrogens (tertiary/aromatic N) is 2. The van der Waals surface area contributed by atoms with E-state index in [2.05, 4.69) is 168 Å². The van der Waals surface area contributed by atoms with Gasteiger partial charge in [0.15, 0.2) is 0 Å². The quantitative estimate of drug-likeness (QED) is 0.181. The highest BCUT2D eigenvalue weighted by molar-refractivity contribution is 7.26. The molecule has 2 aromatic heterocycles. The van der Waals surface area contributed by atoms with Crippen molar-refractivity contribution in [2.75, 3.05) is 9.80 Å². The summed E-state index contributed by atoms with van der Waals surface area (Å²) in [7, 11) is 0. The second-order valence-corrected chi connectivity index (χ2v) is 13.9. The van der Waals surface area contributed by atoms with Crippen LogP contribution >= 0.6 is 22.7 Å². The van der Waals surface area contributed by atoms with Gasteiger partial charge in [-0.2, -0.15) is 0 Å². The summed E-state index contributed by atoms with van der Waals surface area (Å²) in [5.74, 6) is 0. The highest BCUT2D eigenvalue weighted by Gasteiger charge is 2.18. The van der Waals surface area contributed by atoms with Crippen molar-refractivity contribution in [2.24, 2.45) is 0 Å². The van der Waals surface area contributed by atoms with Crippen LogP contribution in [0.4, 0.5) is 28.4 Å². The second kappa shape index (κ2) is 11.3. The molecule has 0 saturated heterocycles. The molecule has 2 heterocycles. The van der Waals surface area contributed by atoms with E-state index in [-0.39, 0.29) is 0 Å². The number of hydrogen-bond donors (Lipinski definition) is 0. The maximum Gasteiger partial charge on any atom is 0.0476 e. The number of benzene rings is 6. The van der Waals surface area contributed by atoms with Crippen molar-refractivity contribution >= 4 is 91.5 Å². The summed E-state index contributed by atoms with van der Waals surface area (Å²) in [6, 6.07) is 50.9. The highest BCUT2D eigenvalue weighted by atomic mass is 32.1. The molecule has 46 heavy (non-hydrogen) atoms. The Morgan fingerprint density at radius 1 is 0.391 bits per heavy atom. The number of hydrogen-bond acceptors (Lipinski definition) is 4. The standard InChI is InChI=1S/C42H30N2S2/c1-4-12-29(13-5-1)43(30-14-6-2-7-15-30)32-21-25-41-38(26-32)36-23-20-34(28-42(36)46-41)44(31-16-8-3-9-17-31)33-22-24-40-37(27-33)35-18-10-11-19-39(35)45-40/h1,3-6,8-28H,2,7H2. The SMILES string of the molecule is C1=CC(N(c2ccccc2)c2ccc3sc4cc(N(c5ccccc5)c5ccc6sc7ccccc7c6c5)ccc4c3c2)=CCC1. The summed E-state index contributed by atoms with van der Waals surface area (Å²) in [6.45, 7) is 0. The molecule has 4 heteroatoms. The Morgan fingerprint density at radius 3 is 1.63 bits per heavy atom. The van der Waals surface area contributed by atoms with Crippen LogP contribution in [0.25, 0.3) is 40.3 Å². The topological polar surface area (TPSA) is 6.48 Å². The number of thiophene rings is 2. The maximum absolute atomic E-state index is 2.39. The van der Waals surface area contributed by atoms with Crippen LogP contribution in [0.3, 0.4) is 0 Å². The Balaban J connectivity index is 1.18.